The summed E-state index contributed by atoms with van der Waals surface area (Å²) >= 11 is 0. The molecule has 15 heavy (non-hydrogen) atoms. The van der Waals surface area contributed by atoms with Gasteiger partial charge in [-0.3, -0.25) is 0 Å². The molecule has 0 aromatic heterocycles. The molecule has 0 unspecified atom stereocenters. The van der Waals surface area contributed by atoms with Gasteiger partial charge in [0, 0.05) is 12.1 Å². The van der Waals surface area contributed by atoms with Crippen molar-refractivity contribution in [2.75, 3.05) is 13.2 Å². The van der Waals surface area contributed by atoms with Crippen LogP contribution in [0.15, 0.2) is 29.8 Å². The normalized spacial score (nSPS) is 10.9. The molecule has 78 valence electrons. The zero-order chi connectivity index (χ0) is 11.1. The SMILES string of the molecule is CC(=Cc1ccccc1OCC#N)CN. The lowest BCUT2D eigenvalue weighted by Crippen LogP contribution is -2.00. The van der Waals surface area contributed by atoms with Gasteiger partial charge in [-0.05, 0) is 13.0 Å². The lowest BCUT2D eigenvalue weighted by Gasteiger charge is -2.06. The average Bonchev–Trinajstić information content (AvgIpc) is 2.28. The number of ether oxygens (including phenoxy) is 1. The van der Waals surface area contributed by atoms with E-state index in [1.54, 1.807) is 0 Å². The third-order valence-electron chi connectivity index (χ3n) is 1.94. The van der Waals surface area contributed by atoms with Crippen molar-refractivity contribution >= 4 is 6.08 Å². The highest BCUT2D eigenvalue weighted by molar-refractivity contribution is 5.59. The standard InChI is InChI=1S/C12H14N2O/c1-10(9-14)8-11-4-2-3-5-12(11)15-7-6-13/h2-5,8H,7,9,14H2,1H3. The third kappa shape index (κ3) is 3.45. The number of hydrogen-bond acceptors (Lipinski definition) is 3. The van der Waals surface area contributed by atoms with Crippen LogP contribution in [0.25, 0.3) is 6.08 Å². The zero-order valence-corrected chi connectivity index (χ0v) is 8.73. The first-order valence-corrected chi connectivity index (χ1v) is 4.74. The molecule has 0 radical (unpaired) electrons. The highest BCUT2D eigenvalue weighted by Gasteiger charge is 1.99. The maximum Gasteiger partial charge on any atom is 0.174 e. The lowest BCUT2D eigenvalue weighted by molar-refractivity contribution is 0.367. The van der Waals surface area contributed by atoms with Gasteiger partial charge in [0.1, 0.15) is 11.8 Å². The number of hydrogen-bond donors (Lipinski definition) is 1. The van der Waals surface area contributed by atoms with Crippen LogP contribution in [0.4, 0.5) is 0 Å². The largest absolute Gasteiger partial charge is 0.478 e. The Hall–Kier alpha value is -1.79. The second kappa shape index (κ2) is 5.84. The second-order valence-electron chi connectivity index (χ2n) is 3.18. The Bertz CT molecular complexity index is 391. The summed E-state index contributed by atoms with van der Waals surface area (Å²) < 4.78 is 5.29. The number of nitrogens with two attached hydrogens (primary N) is 1. The fourth-order valence-corrected chi connectivity index (χ4v) is 1.17. The lowest BCUT2D eigenvalue weighted by atomic mass is 10.1. The molecule has 3 heteroatoms. The Balaban J connectivity index is 2.92. The van der Waals surface area contributed by atoms with E-state index in [0.29, 0.717) is 12.3 Å². The minimum atomic E-state index is 0.0620. The number of rotatable bonds is 4. The Morgan fingerprint density at radius 3 is 2.93 bits per heavy atom. The van der Waals surface area contributed by atoms with Crippen molar-refractivity contribution in [2.24, 2.45) is 5.73 Å². The third-order valence-corrected chi connectivity index (χ3v) is 1.94. The molecule has 1 aromatic rings. The van der Waals surface area contributed by atoms with Crippen molar-refractivity contribution in [3.8, 4) is 11.8 Å². The van der Waals surface area contributed by atoms with Gasteiger partial charge in [-0.25, -0.2) is 0 Å². The number of nitriles is 1. The van der Waals surface area contributed by atoms with E-state index in [1.165, 1.54) is 0 Å². The van der Waals surface area contributed by atoms with Crippen LogP contribution in [0.1, 0.15) is 12.5 Å². The summed E-state index contributed by atoms with van der Waals surface area (Å²) in [5.74, 6) is 0.715. The molecule has 0 aliphatic heterocycles. The van der Waals surface area contributed by atoms with Gasteiger partial charge in [-0.2, -0.15) is 5.26 Å². The predicted molar refractivity (Wildman–Crippen MR) is 60.3 cm³/mol. The molecule has 0 aliphatic carbocycles. The molecule has 0 aliphatic rings. The van der Waals surface area contributed by atoms with Gasteiger partial charge in [0.2, 0.25) is 0 Å². The van der Waals surface area contributed by atoms with Crippen LogP contribution in [0.3, 0.4) is 0 Å². The predicted octanol–water partition coefficient (Wildman–Crippen LogP) is 1.95. The molecule has 0 fully saturated rings. The number of para-hydroxylation sites is 1. The molecule has 0 bridgehead atoms. The van der Waals surface area contributed by atoms with Gasteiger partial charge in [0.25, 0.3) is 0 Å². The summed E-state index contributed by atoms with van der Waals surface area (Å²) in [6.07, 6.45) is 1.96. The fourth-order valence-electron chi connectivity index (χ4n) is 1.17. The summed E-state index contributed by atoms with van der Waals surface area (Å²) in [6.45, 7) is 2.54. The Kier molecular flexibility index (Phi) is 4.39. The maximum absolute atomic E-state index is 8.44. The molecule has 0 saturated heterocycles. The zero-order valence-electron chi connectivity index (χ0n) is 8.73. The van der Waals surface area contributed by atoms with E-state index < -0.39 is 0 Å². The van der Waals surface area contributed by atoms with E-state index in [0.717, 1.165) is 11.1 Å². The molecule has 0 amide bonds. The van der Waals surface area contributed by atoms with Gasteiger partial charge >= 0.3 is 0 Å². The summed E-state index contributed by atoms with van der Waals surface area (Å²) in [4.78, 5) is 0. The first-order valence-electron chi connectivity index (χ1n) is 4.74. The van der Waals surface area contributed by atoms with Crippen LogP contribution in [0, 0.1) is 11.3 Å². The second-order valence-corrected chi connectivity index (χ2v) is 3.18. The molecule has 1 aromatic carbocycles. The van der Waals surface area contributed by atoms with Crippen molar-refractivity contribution in [3.63, 3.8) is 0 Å². The Morgan fingerprint density at radius 2 is 2.27 bits per heavy atom. The molecule has 0 saturated carbocycles. The van der Waals surface area contributed by atoms with Gasteiger partial charge in [0.05, 0.1) is 0 Å². The van der Waals surface area contributed by atoms with Gasteiger partial charge < -0.3 is 10.5 Å². The van der Waals surface area contributed by atoms with Crippen molar-refractivity contribution in [2.45, 2.75) is 6.92 Å². The van der Waals surface area contributed by atoms with Crippen LogP contribution in [0.2, 0.25) is 0 Å². The molecule has 1 rings (SSSR count). The van der Waals surface area contributed by atoms with E-state index in [2.05, 4.69) is 0 Å². The summed E-state index contributed by atoms with van der Waals surface area (Å²) in [6, 6.07) is 9.52. The van der Waals surface area contributed by atoms with E-state index in [9.17, 15) is 0 Å². The summed E-state index contributed by atoms with van der Waals surface area (Å²) in [5.41, 5.74) is 7.54. The molecule has 2 N–H and O–H groups in total. The molecule has 0 spiro atoms. The Labute approximate surface area is 89.8 Å². The fraction of sp³-hybridized carbons (Fsp3) is 0.250. The molecule has 0 heterocycles. The summed E-state index contributed by atoms with van der Waals surface area (Å²) in [5, 5.41) is 8.44. The van der Waals surface area contributed by atoms with Crippen LogP contribution < -0.4 is 10.5 Å². The highest BCUT2D eigenvalue weighted by atomic mass is 16.5. The van der Waals surface area contributed by atoms with E-state index in [-0.39, 0.29) is 6.61 Å². The van der Waals surface area contributed by atoms with Gasteiger partial charge in [0.15, 0.2) is 6.61 Å². The topological polar surface area (TPSA) is 59.0 Å². The quantitative estimate of drug-likeness (QED) is 0.811. The minimum absolute atomic E-state index is 0.0620. The molecular weight excluding hydrogens is 188 g/mol. The van der Waals surface area contributed by atoms with Crippen LogP contribution >= 0.6 is 0 Å². The Morgan fingerprint density at radius 1 is 1.53 bits per heavy atom. The van der Waals surface area contributed by atoms with Gasteiger partial charge in [-0.1, -0.05) is 29.8 Å². The molecular formula is C12H14N2O. The van der Waals surface area contributed by atoms with Crippen molar-refractivity contribution in [3.05, 3.63) is 35.4 Å². The highest BCUT2D eigenvalue weighted by Crippen LogP contribution is 2.20. The van der Waals surface area contributed by atoms with Crippen molar-refractivity contribution in [1.29, 1.82) is 5.26 Å². The number of benzene rings is 1. The smallest absolute Gasteiger partial charge is 0.174 e. The van der Waals surface area contributed by atoms with Crippen LogP contribution in [-0.2, 0) is 0 Å². The maximum atomic E-state index is 8.44. The summed E-state index contributed by atoms with van der Waals surface area (Å²) in [7, 11) is 0. The van der Waals surface area contributed by atoms with Gasteiger partial charge in [-0.15, -0.1) is 0 Å². The van der Waals surface area contributed by atoms with Crippen LogP contribution in [-0.4, -0.2) is 13.2 Å². The van der Waals surface area contributed by atoms with E-state index in [1.807, 2.05) is 43.3 Å². The minimum Gasteiger partial charge on any atom is -0.478 e. The molecule has 0 atom stereocenters. The first-order chi connectivity index (χ1) is 7.27. The monoisotopic (exact) mass is 202 g/mol. The van der Waals surface area contributed by atoms with E-state index >= 15 is 0 Å². The average molecular weight is 202 g/mol. The van der Waals surface area contributed by atoms with Crippen LogP contribution in [0.5, 0.6) is 5.75 Å². The van der Waals surface area contributed by atoms with E-state index in [4.69, 9.17) is 15.7 Å². The van der Waals surface area contributed by atoms with Crippen molar-refractivity contribution in [1.82, 2.24) is 0 Å². The first kappa shape index (κ1) is 11.3. The van der Waals surface area contributed by atoms with Crippen molar-refractivity contribution < 1.29 is 4.74 Å². The number of nitrogens with zero attached hydrogens (tertiary/aromatic N) is 1. The molecule has 3 nitrogen and oxygen atoms in total.